The Kier molecular flexibility index (Phi) is 6.35. The maximum absolute atomic E-state index is 12.8. The predicted molar refractivity (Wildman–Crippen MR) is 125 cm³/mol. The van der Waals surface area contributed by atoms with Gasteiger partial charge < -0.3 is 14.4 Å². The summed E-state index contributed by atoms with van der Waals surface area (Å²) in [5, 5.41) is 0. The average molecular weight is 435 g/mol. The zero-order chi connectivity index (χ0) is 21.9. The Morgan fingerprint density at radius 2 is 1.66 bits per heavy atom. The SMILES string of the molecule is CCC(=O)N(CC1CC2CCC(C1)N2Cc1ccccc1)CC1COc2ccccc2O1. The lowest BCUT2D eigenvalue weighted by Crippen LogP contribution is -2.49. The molecule has 0 N–H and O–H groups in total. The summed E-state index contributed by atoms with van der Waals surface area (Å²) in [6.07, 6.45) is 5.35. The van der Waals surface area contributed by atoms with Gasteiger partial charge in [0.15, 0.2) is 17.6 Å². The van der Waals surface area contributed by atoms with Crippen molar-refractivity contribution in [2.24, 2.45) is 5.92 Å². The fourth-order valence-corrected chi connectivity index (χ4v) is 5.80. The minimum Gasteiger partial charge on any atom is -0.486 e. The van der Waals surface area contributed by atoms with Gasteiger partial charge in [0.2, 0.25) is 5.91 Å². The molecule has 170 valence electrons. The van der Waals surface area contributed by atoms with E-state index in [1.807, 2.05) is 36.1 Å². The first-order valence-corrected chi connectivity index (χ1v) is 12.2. The maximum atomic E-state index is 12.8. The number of carbonyl (C=O) groups excluding carboxylic acids is 1. The van der Waals surface area contributed by atoms with Crippen LogP contribution in [0.3, 0.4) is 0 Å². The fraction of sp³-hybridized carbons (Fsp3) is 0.519. The highest BCUT2D eigenvalue weighted by Gasteiger charge is 2.41. The molecule has 2 saturated heterocycles. The molecule has 0 aliphatic carbocycles. The van der Waals surface area contributed by atoms with Gasteiger partial charge in [-0.3, -0.25) is 9.69 Å². The molecule has 0 spiro atoms. The Labute approximate surface area is 191 Å². The van der Waals surface area contributed by atoms with Gasteiger partial charge in [-0.25, -0.2) is 0 Å². The summed E-state index contributed by atoms with van der Waals surface area (Å²) in [5.74, 6) is 2.35. The topological polar surface area (TPSA) is 42.0 Å². The second kappa shape index (κ2) is 9.53. The van der Waals surface area contributed by atoms with Crippen LogP contribution in [-0.4, -0.2) is 53.6 Å². The molecule has 3 aliphatic rings. The number of hydrogen-bond acceptors (Lipinski definition) is 4. The number of para-hydroxylation sites is 2. The summed E-state index contributed by atoms with van der Waals surface area (Å²) >= 11 is 0. The van der Waals surface area contributed by atoms with Crippen LogP contribution in [0.15, 0.2) is 54.6 Å². The molecule has 3 atom stereocenters. The third-order valence-corrected chi connectivity index (χ3v) is 7.32. The first-order valence-electron chi connectivity index (χ1n) is 12.2. The van der Waals surface area contributed by atoms with E-state index in [0.717, 1.165) is 24.6 Å². The second-order valence-corrected chi connectivity index (χ2v) is 9.53. The largest absolute Gasteiger partial charge is 0.486 e. The molecule has 2 bridgehead atoms. The highest BCUT2D eigenvalue weighted by Crippen LogP contribution is 2.40. The minimum atomic E-state index is -0.115. The van der Waals surface area contributed by atoms with E-state index < -0.39 is 0 Å². The van der Waals surface area contributed by atoms with E-state index in [1.54, 1.807) is 0 Å². The van der Waals surface area contributed by atoms with E-state index in [4.69, 9.17) is 9.47 Å². The maximum Gasteiger partial charge on any atom is 0.222 e. The fourth-order valence-electron chi connectivity index (χ4n) is 5.80. The molecule has 5 rings (SSSR count). The van der Waals surface area contributed by atoms with Gasteiger partial charge in [-0.1, -0.05) is 49.4 Å². The molecule has 2 aromatic carbocycles. The van der Waals surface area contributed by atoms with Gasteiger partial charge in [-0.2, -0.15) is 0 Å². The van der Waals surface area contributed by atoms with E-state index in [0.29, 0.717) is 37.6 Å². The third kappa shape index (κ3) is 4.63. The molecule has 0 aromatic heterocycles. The van der Waals surface area contributed by atoms with E-state index in [-0.39, 0.29) is 12.0 Å². The molecule has 2 aromatic rings. The van der Waals surface area contributed by atoms with Crippen molar-refractivity contribution >= 4 is 5.91 Å². The van der Waals surface area contributed by atoms with Crippen molar-refractivity contribution < 1.29 is 14.3 Å². The van der Waals surface area contributed by atoms with Crippen LogP contribution in [0.5, 0.6) is 11.5 Å². The lowest BCUT2D eigenvalue weighted by molar-refractivity contribution is -0.133. The summed E-state index contributed by atoms with van der Waals surface area (Å²) in [6, 6.07) is 19.9. The number of nitrogens with zero attached hydrogens (tertiary/aromatic N) is 2. The molecule has 1 amide bonds. The Balaban J connectivity index is 1.20. The smallest absolute Gasteiger partial charge is 0.222 e. The van der Waals surface area contributed by atoms with Crippen molar-refractivity contribution in [3.63, 3.8) is 0 Å². The number of hydrogen-bond donors (Lipinski definition) is 0. The first-order chi connectivity index (χ1) is 15.7. The van der Waals surface area contributed by atoms with Gasteiger partial charge in [0.05, 0.1) is 6.54 Å². The molecule has 5 heteroatoms. The van der Waals surface area contributed by atoms with Gasteiger partial charge in [-0.05, 0) is 49.3 Å². The lowest BCUT2D eigenvalue weighted by Gasteiger charge is -2.41. The van der Waals surface area contributed by atoms with Crippen molar-refractivity contribution in [3.8, 4) is 11.5 Å². The third-order valence-electron chi connectivity index (χ3n) is 7.32. The number of carbonyl (C=O) groups is 1. The summed E-state index contributed by atoms with van der Waals surface area (Å²) in [7, 11) is 0. The predicted octanol–water partition coefficient (Wildman–Crippen LogP) is 4.51. The van der Waals surface area contributed by atoms with E-state index in [9.17, 15) is 4.79 Å². The summed E-state index contributed by atoms with van der Waals surface area (Å²) in [5.41, 5.74) is 1.40. The molecular formula is C27H34N2O3. The Morgan fingerprint density at radius 3 is 2.38 bits per heavy atom. The molecule has 0 saturated carbocycles. The summed E-state index contributed by atoms with van der Waals surface area (Å²) < 4.78 is 12.0. The molecule has 32 heavy (non-hydrogen) atoms. The van der Waals surface area contributed by atoms with Crippen LogP contribution in [0, 0.1) is 5.92 Å². The Morgan fingerprint density at radius 1 is 0.969 bits per heavy atom. The van der Waals surface area contributed by atoms with Crippen LogP contribution >= 0.6 is 0 Å². The molecular weight excluding hydrogens is 400 g/mol. The standard InChI is InChI=1S/C27H34N2O3/c1-2-27(30)28(18-24-19-31-25-10-6-7-11-26(25)32-24)16-21-14-22-12-13-23(15-21)29(22)17-20-8-4-3-5-9-20/h3-11,21-24H,2,12-19H2,1H3. The first kappa shape index (κ1) is 21.3. The van der Waals surface area contributed by atoms with Crippen LogP contribution in [0.25, 0.3) is 0 Å². The zero-order valence-corrected chi connectivity index (χ0v) is 19.0. The van der Waals surface area contributed by atoms with Crippen LogP contribution in [0.2, 0.25) is 0 Å². The van der Waals surface area contributed by atoms with Gasteiger partial charge in [0.1, 0.15) is 6.61 Å². The number of piperidine rings is 1. The van der Waals surface area contributed by atoms with Gasteiger partial charge in [0.25, 0.3) is 0 Å². The van der Waals surface area contributed by atoms with Crippen LogP contribution < -0.4 is 9.47 Å². The van der Waals surface area contributed by atoms with Crippen LogP contribution in [0.1, 0.15) is 44.6 Å². The average Bonchev–Trinajstić information content (AvgIpc) is 3.05. The van der Waals surface area contributed by atoms with E-state index in [1.165, 1.54) is 31.2 Å². The molecule has 3 aliphatic heterocycles. The molecule has 3 heterocycles. The molecule has 2 fully saturated rings. The lowest BCUT2D eigenvalue weighted by atomic mass is 9.89. The van der Waals surface area contributed by atoms with Crippen LogP contribution in [-0.2, 0) is 11.3 Å². The van der Waals surface area contributed by atoms with Crippen molar-refractivity contribution in [1.29, 1.82) is 0 Å². The normalized spacial score (nSPS) is 26.7. The number of ether oxygens (including phenoxy) is 2. The molecule has 3 unspecified atom stereocenters. The van der Waals surface area contributed by atoms with Gasteiger partial charge in [-0.15, -0.1) is 0 Å². The van der Waals surface area contributed by atoms with Crippen molar-refractivity contribution in [3.05, 3.63) is 60.2 Å². The molecule has 5 nitrogen and oxygen atoms in total. The van der Waals surface area contributed by atoms with E-state index in [2.05, 4.69) is 35.2 Å². The summed E-state index contributed by atoms with van der Waals surface area (Å²) in [6.45, 7) is 4.92. The van der Waals surface area contributed by atoms with Crippen molar-refractivity contribution in [2.45, 2.75) is 63.8 Å². The zero-order valence-electron chi connectivity index (χ0n) is 19.0. The van der Waals surface area contributed by atoms with Gasteiger partial charge >= 0.3 is 0 Å². The van der Waals surface area contributed by atoms with Crippen LogP contribution in [0.4, 0.5) is 0 Å². The Hall–Kier alpha value is -2.53. The van der Waals surface area contributed by atoms with Crippen molar-refractivity contribution in [1.82, 2.24) is 9.80 Å². The van der Waals surface area contributed by atoms with Gasteiger partial charge in [0, 0.05) is 31.6 Å². The van der Waals surface area contributed by atoms with Crippen molar-refractivity contribution in [2.75, 3.05) is 19.7 Å². The second-order valence-electron chi connectivity index (χ2n) is 9.53. The van der Waals surface area contributed by atoms with E-state index >= 15 is 0 Å². The number of fused-ring (bicyclic) bond motifs is 3. The molecule has 0 radical (unpaired) electrons. The highest BCUT2D eigenvalue weighted by molar-refractivity contribution is 5.75. The highest BCUT2D eigenvalue weighted by atomic mass is 16.6. The summed E-state index contributed by atoms with van der Waals surface area (Å²) in [4.78, 5) is 17.6. The number of amides is 1. The number of benzene rings is 2. The minimum absolute atomic E-state index is 0.115. The monoisotopic (exact) mass is 434 g/mol. The quantitative estimate of drug-likeness (QED) is 0.643. The Bertz CT molecular complexity index is 904. The number of rotatable bonds is 7.